The van der Waals surface area contributed by atoms with Crippen molar-refractivity contribution in [2.24, 2.45) is 0 Å². The molecule has 0 radical (unpaired) electrons. The predicted molar refractivity (Wildman–Crippen MR) is 57.9 cm³/mol. The molecule has 0 fully saturated rings. The van der Waals surface area contributed by atoms with Gasteiger partial charge in [-0.15, -0.1) is 11.3 Å². The first-order valence-electron chi connectivity index (χ1n) is 4.34. The molecule has 0 aliphatic carbocycles. The van der Waals surface area contributed by atoms with Crippen LogP contribution in [-0.2, 0) is 6.61 Å². The maximum absolute atomic E-state index is 10.7. The lowest BCUT2D eigenvalue weighted by molar-refractivity contribution is 0.112. The van der Waals surface area contributed by atoms with E-state index in [1.165, 1.54) is 16.9 Å². The molecule has 0 aliphatic heterocycles. The summed E-state index contributed by atoms with van der Waals surface area (Å²) in [5.74, 6) is 0. The van der Waals surface area contributed by atoms with Crippen molar-refractivity contribution in [3.63, 3.8) is 0 Å². The van der Waals surface area contributed by atoms with Crippen molar-refractivity contribution in [2.75, 3.05) is 0 Å². The summed E-state index contributed by atoms with van der Waals surface area (Å²) in [5, 5.41) is 10.1. The Balaban J connectivity index is 2.79. The van der Waals surface area contributed by atoms with Crippen LogP contribution in [0.1, 0.15) is 20.8 Å². The highest BCUT2D eigenvalue weighted by Crippen LogP contribution is 2.30. The summed E-state index contributed by atoms with van der Waals surface area (Å²) in [7, 11) is 0. The quantitative estimate of drug-likeness (QED) is 0.766. The van der Waals surface area contributed by atoms with E-state index in [2.05, 4.69) is 0 Å². The zero-order chi connectivity index (χ0) is 10.1. The fourth-order valence-electron chi connectivity index (χ4n) is 1.53. The van der Waals surface area contributed by atoms with Gasteiger partial charge in [0.2, 0.25) is 0 Å². The highest BCUT2D eigenvalue weighted by atomic mass is 32.1. The molecular weight excluding hydrogens is 196 g/mol. The molecule has 1 heterocycles. The molecule has 0 spiro atoms. The van der Waals surface area contributed by atoms with E-state index < -0.39 is 0 Å². The number of carbonyl (C=O) groups excluding carboxylic acids is 1. The molecule has 0 atom stereocenters. The largest absolute Gasteiger partial charge is 0.392 e. The molecule has 0 saturated heterocycles. The summed E-state index contributed by atoms with van der Waals surface area (Å²) in [5.41, 5.74) is 1.92. The van der Waals surface area contributed by atoms with E-state index in [0.29, 0.717) is 4.88 Å². The molecule has 0 saturated carbocycles. The highest BCUT2D eigenvalue weighted by molar-refractivity contribution is 7.20. The number of aryl methyl sites for hydroxylation is 1. The summed E-state index contributed by atoms with van der Waals surface area (Å²) in [6, 6.07) is 5.98. The summed E-state index contributed by atoms with van der Waals surface area (Å²) >= 11 is 1.43. The van der Waals surface area contributed by atoms with Crippen LogP contribution < -0.4 is 0 Å². The normalized spacial score (nSPS) is 10.7. The monoisotopic (exact) mass is 206 g/mol. The van der Waals surface area contributed by atoms with Gasteiger partial charge in [0.25, 0.3) is 0 Å². The van der Waals surface area contributed by atoms with Gasteiger partial charge in [-0.05, 0) is 23.9 Å². The summed E-state index contributed by atoms with van der Waals surface area (Å²) in [6.07, 6.45) is 0.811. The molecule has 0 bridgehead atoms. The second-order valence-electron chi connectivity index (χ2n) is 3.22. The summed E-state index contributed by atoms with van der Waals surface area (Å²) in [4.78, 5) is 11.4. The molecule has 14 heavy (non-hydrogen) atoms. The molecule has 3 heteroatoms. The number of benzene rings is 1. The van der Waals surface area contributed by atoms with E-state index in [1.54, 1.807) is 0 Å². The zero-order valence-electron chi connectivity index (χ0n) is 7.78. The second-order valence-corrected chi connectivity index (χ2v) is 4.30. The molecule has 2 nitrogen and oxygen atoms in total. The Morgan fingerprint density at radius 1 is 1.50 bits per heavy atom. The van der Waals surface area contributed by atoms with Crippen LogP contribution in [0, 0.1) is 6.92 Å². The Kier molecular flexibility index (Phi) is 2.35. The first-order chi connectivity index (χ1) is 6.76. The van der Waals surface area contributed by atoms with Crippen LogP contribution in [0.3, 0.4) is 0 Å². The van der Waals surface area contributed by atoms with Crippen LogP contribution in [0.25, 0.3) is 10.1 Å². The average Bonchev–Trinajstić information content (AvgIpc) is 2.54. The number of carbonyl (C=O) groups is 1. The van der Waals surface area contributed by atoms with Gasteiger partial charge in [0.05, 0.1) is 11.5 Å². The minimum Gasteiger partial charge on any atom is -0.392 e. The zero-order valence-corrected chi connectivity index (χ0v) is 8.60. The number of hydrogen-bond acceptors (Lipinski definition) is 3. The standard InChI is InChI=1S/C11H10O2S/c1-7-2-3-8-9(5-12)11(6-13)14-10(8)4-7/h2-4,6,12H,5H2,1H3. The maximum atomic E-state index is 10.7. The van der Waals surface area contributed by atoms with E-state index >= 15 is 0 Å². The maximum Gasteiger partial charge on any atom is 0.160 e. The van der Waals surface area contributed by atoms with E-state index in [0.717, 1.165) is 21.9 Å². The van der Waals surface area contributed by atoms with Gasteiger partial charge in [0.15, 0.2) is 6.29 Å². The fraction of sp³-hybridized carbons (Fsp3) is 0.182. The Hall–Kier alpha value is -1.19. The number of aldehydes is 1. The predicted octanol–water partition coefficient (Wildman–Crippen LogP) is 2.51. The molecule has 1 aromatic heterocycles. The molecule has 1 N–H and O–H groups in total. The number of aliphatic hydroxyl groups excluding tert-OH is 1. The minimum atomic E-state index is -0.0723. The van der Waals surface area contributed by atoms with Gasteiger partial charge in [-0.3, -0.25) is 4.79 Å². The number of fused-ring (bicyclic) bond motifs is 1. The number of rotatable bonds is 2. The SMILES string of the molecule is Cc1ccc2c(CO)c(C=O)sc2c1. The minimum absolute atomic E-state index is 0.0723. The van der Waals surface area contributed by atoms with Gasteiger partial charge in [0, 0.05) is 10.3 Å². The van der Waals surface area contributed by atoms with Gasteiger partial charge >= 0.3 is 0 Å². The van der Waals surface area contributed by atoms with E-state index in [-0.39, 0.29) is 6.61 Å². The van der Waals surface area contributed by atoms with Gasteiger partial charge in [0.1, 0.15) is 0 Å². The number of thiophene rings is 1. The second kappa shape index (κ2) is 3.52. The lowest BCUT2D eigenvalue weighted by atomic mass is 10.1. The van der Waals surface area contributed by atoms with Crippen LogP contribution in [0.2, 0.25) is 0 Å². The van der Waals surface area contributed by atoms with E-state index in [1.807, 2.05) is 25.1 Å². The Morgan fingerprint density at radius 3 is 2.93 bits per heavy atom. The third kappa shape index (κ3) is 1.35. The first-order valence-corrected chi connectivity index (χ1v) is 5.16. The van der Waals surface area contributed by atoms with Crippen molar-refractivity contribution in [1.82, 2.24) is 0 Å². The van der Waals surface area contributed by atoms with Crippen LogP contribution >= 0.6 is 11.3 Å². The van der Waals surface area contributed by atoms with Gasteiger partial charge in [-0.2, -0.15) is 0 Å². The lowest BCUT2D eigenvalue weighted by Gasteiger charge is -1.95. The number of hydrogen-bond donors (Lipinski definition) is 1. The average molecular weight is 206 g/mol. The molecule has 2 rings (SSSR count). The third-order valence-electron chi connectivity index (χ3n) is 2.24. The molecule has 0 aliphatic rings. The van der Waals surface area contributed by atoms with Crippen molar-refractivity contribution < 1.29 is 9.90 Å². The van der Waals surface area contributed by atoms with Crippen LogP contribution in [0.5, 0.6) is 0 Å². The fourth-order valence-corrected chi connectivity index (χ4v) is 2.66. The van der Waals surface area contributed by atoms with Gasteiger partial charge in [-0.25, -0.2) is 0 Å². The number of aliphatic hydroxyl groups is 1. The topological polar surface area (TPSA) is 37.3 Å². The smallest absolute Gasteiger partial charge is 0.160 e. The Morgan fingerprint density at radius 2 is 2.29 bits per heavy atom. The van der Waals surface area contributed by atoms with Crippen molar-refractivity contribution >= 4 is 27.7 Å². The third-order valence-corrected chi connectivity index (χ3v) is 3.36. The molecule has 1 aromatic carbocycles. The Bertz CT molecular complexity index is 485. The van der Waals surface area contributed by atoms with Crippen molar-refractivity contribution in [3.8, 4) is 0 Å². The van der Waals surface area contributed by atoms with Crippen LogP contribution in [-0.4, -0.2) is 11.4 Å². The summed E-state index contributed by atoms with van der Waals surface area (Å²) < 4.78 is 1.07. The first kappa shape index (κ1) is 9.37. The molecular formula is C11H10O2S. The van der Waals surface area contributed by atoms with E-state index in [4.69, 9.17) is 5.11 Å². The Labute approximate surface area is 85.8 Å². The van der Waals surface area contributed by atoms with Crippen molar-refractivity contribution in [1.29, 1.82) is 0 Å². The van der Waals surface area contributed by atoms with E-state index in [9.17, 15) is 4.79 Å². The van der Waals surface area contributed by atoms with Gasteiger partial charge in [-0.1, -0.05) is 12.1 Å². The molecule has 2 aromatic rings. The lowest BCUT2D eigenvalue weighted by Crippen LogP contribution is -1.85. The van der Waals surface area contributed by atoms with Crippen molar-refractivity contribution in [2.45, 2.75) is 13.5 Å². The van der Waals surface area contributed by atoms with Crippen molar-refractivity contribution in [3.05, 3.63) is 34.2 Å². The molecule has 72 valence electrons. The highest BCUT2D eigenvalue weighted by Gasteiger charge is 2.09. The molecule has 0 amide bonds. The summed E-state index contributed by atoms with van der Waals surface area (Å²) in [6.45, 7) is 1.94. The van der Waals surface area contributed by atoms with Gasteiger partial charge < -0.3 is 5.11 Å². The van der Waals surface area contributed by atoms with Crippen LogP contribution in [0.4, 0.5) is 0 Å². The van der Waals surface area contributed by atoms with Crippen LogP contribution in [0.15, 0.2) is 18.2 Å². The molecule has 0 unspecified atom stereocenters.